The van der Waals surface area contributed by atoms with Gasteiger partial charge in [0.2, 0.25) is 0 Å². The second-order valence-corrected chi connectivity index (χ2v) is 3.15. The maximum atomic E-state index is 10.8. The summed E-state index contributed by atoms with van der Waals surface area (Å²) in [6.07, 6.45) is -0.130. The Kier molecular flexibility index (Phi) is 2.96. The van der Waals surface area contributed by atoms with E-state index >= 15 is 0 Å². The normalized spacial score (nSPS) is 10.2. The van der Waals surface area contributed by atoms with Crippen LogP contribution >= 0.6 is 0 Å². The fourth-order valence-electron chi connectivity index (χ4n) is 1.04. The maximum Gasteiger partial charge on any atom is 0.339 e. The van der Waals surface area contributed by atoms with Crippen molar-refractivity contribution in [3.05, 3.63) is 23.8 Å². The van der Waals surface area contributed by atoms with E-state index in [4.69, 9.17) is 14.9 Å². The molecular weight excluding hydrogens is 184 g/mol. The van der Waals surface area contributed by atoms with Crippen LogP contribution in [-0.4, -0.2) is 22.3 Å². The summed E-state index contributed by atoms with van der Waals surface area (Å²) in [6, 6.07) is 3.93. The van der Waals surface area contributed by atoms with E-state index in [9.17, 15) is 4.79 Å². The number of aromatic hydroxyl groups is 1. The van der Waals surface area contributed by atoms with Crippen LogP contribution in [0.3, 0.4) is 0 Å². The summed E-state index contributed by atoms with van der Waals surface area (Å²) in [7, 11) is 0. The smallest absolute Gasteiger partial charge is 0.339 e. The number of benzene rings is 1. The Labute approximate surface area is 81.8 Å². The lowest BCUT2D eigenvalue weighted by Gasteiger charge is -2.12. The first-order valence-corrected chi connectivity index (χ1v) is 4.23. The molecule has 0 spiro atoms. The van der Waals surface area contributed by atoms with Gasteiger partial charge >= 0.3 is 5.97 Å². The molecule has 14 heavy (non-hydrogen) atoms. The van der Waals surface area contributed by atoms with E-state index in [1.54, 1.807) is 13.8 Å². The van der Waals surface area contributed by atoms with Crippen molar-refractivity contribution in [3.8, 4) is 11.5 Å². The van der Waals surface area contributed by atoms with Gasteiger partial charge in [0.1, 0.15) is 17.1 Å². The van der Waals surface area contributed by atoms with Crippen molar-refractivity contribution in [3.63, 3.8) is 0 Å². The fourth-order valence-corrected chi connectivity index (χ4v) is 1.04. The highest BCUT2D eigenvalue weighted by molar-refractivity contribution is 5.91. The van der Waals surface area contributed by atoms with Crippen LogP contribution in [0.25, 0.3) is 0 Å². The Hall–Kier alpha value is -1.71. The molecule has 0 aromatic heterocycles. The Morgan fingerprint density at radius 1 is 1.43 bits per heavy atom. The van der Waals surface area contributed by atoms with Gasteiger partial charge in [0, 0.05) is 6.07 Å². The van der Waals surface area contributed by atoms with Crippen LogP contribution < -0.4 is 4.74 Å². The van der Waals surface area contributed by atoms with Crippen molar-refractivity contribution in [2.24, 2.45) is 0 Å². The molecule has 1 rings (SSSR count). The minimum absolute atomic E-state index is 0.00866. The lowest BCUT2D eigenvalue weighted by Crippen LogP contribution is -2.09. The van der Waals surface area contributed by atoms with Crippen LogP contribution in [-0.2, 0) is 0 Å². The molecule has 1 aromatic carbocycles. The van der Waals surface area contributed by atoms with E-state index in [1.165, 1.54) is 18.2 Å². The molecule has 0 aliphatic heterocycles. The van der Waals surface area contributed by atoms with Gasteiger partial charge in [0.15, 0.2) is 0 Å². The zero-order valence-electron chi connectivity index (χ0n) is 8.02. The maximum absolute atomic E-state index is 10.8. The number of rotatable bonds is 3. The van der Waals surface area contributed by atoms with Crippen molar-refractivity contribution in [2.45, 2.75) is 20.0 Å². The van der Waals surface area contributed by atoms with Crippen molar-refractivity contribution in [2.75, 3.05) is 0 Å². The summed E-state index contributed by atoms with van der Waals surface area (Å²) in [5.74, 6) is -0.890. The number of ether oxygens (including phenoxy) is 1. The first kappa shape index (κ1) is 10.4. The highest BCUT2D eigenvalue weighted by atomic mass is 16.5. The molecule has 4 heteroatoms. The van der Waals surface area contributed by atoms with Gasteiger partial charge in [0.25, 0.3) is 0 Å². The summed E-state index contributed by atoms with van der Waals surface area (Å²) < 4.78 is 5.25. The van der Waals surface area contributed by atoms with Gasteiger partial charge < -0.3 is 14.9 Å². The molecule has 4 nitrogen and oxygen atoms in total. The van der Waals surface area contributed by atoms with Crippen LogP contribution in [0.4, 0.5) is 0 Å². The Balaban J connectivity index is 3.09. The number of phenols is 1. The molecule has 0 bridgehead atoms. The summed E-state index contributed by atoms with van der Waals surface area (Å²) in [4.78, 5) is 10.8. The second kappa shape index (κ2) is 4.00. The van der Waals surface area contributed by atoms with Crippen molar-refractivity contribution in [1.82, 2.24) is 0 Å². The largest absolute Gasteiger partial charge is 0.508 e. The molecule has 0 unspecified atom stereocenters. The van der Waals surface area contributed by atoms with Gasteiger partial charge in [-0.2, -0.15) is 0 Å². The zero-order chi connectivity index (χ0) is 10.7. The van der Waals surface area contributed by atoms with Crippen molar-refractivity contribution >= 4 is 5.97 Å². The quantitative estimate of drug-likeness (QED) is 0.774. The van der Waals surface area contributed by atoms with Crippen molar-refractivity contribution in [1.29, 1.82) is 0 Å². The fraction of sp³-hybridized carbons (Fsp3) is 0.300. The first-order valence-electron chi connectivity index (χ1n) is 4.23. The van der Waals surface area contributed by atoms with E-state index in [-0.39, 0.29) is 23.2 Å². The number of carbonyl (C=O) groups is 1. The Bertz CT molecular complexity index is 344. The van der Waals surface area contributed by atoms with E-state index in [0.717, 1.165) is 0 Å². The highest BCUT2D eigenvalue weighted by Crippen LogP contribution is 2.24. The molecule has 0 saturated carbocycles. The molecule has 2 N–H and O–H groups in total. The predicted octanol–water partition coefficient (Wildman–Crippen LogP) is 1.88. The van der Waals surface area contributed by atoms with Crippen LogP contribution in [0.15, 0.2) is 18.2 Å². The summed E-state index contributed by atoms with van der Waals surface area (Å²) in [5.41, 5.74) is 0.0523. The van der Waals surface area contributed by atoms with E-state index in [2.05, 4.69) is 0 Å². The molecule has 76 valence electrons. The van der Waals surface area contributed by atoms with Gasteiger partial charge in [-0.1, -0.05) is 0 Å². The number of hydrogen-bond donors (Lipinski definition) is 2. The van der Waals surface area contributed by atoms with E-state index in [0.29, 0.717) is 0 Å². The number of aromatic carboxylic acids is 1. The van der Waals surface area contributed by atoms with Gasteiger partial charge in [-0.3, -0.25) is 0 Å². The molecule has 0 aliphatic rings. The van der Waals surface area contributed by atoms with Gasteiger partial charge in [-0.15, -0.1) is 0 Å². The third-order valence-electron chi connectivity index (χ3n) is 1.56. The molecule has 0 aliphatic carbocycles. The van der Waals surface area contributed by atoms with Gasteiger partial charge in [-0.05, 0) is 26.0 Å². The topological polar surface area (TPSA) is 66.8 Å². The van der Waals surface area contributed by atoms with Crippen LogP contribution in [0.2, 0.25) is 0 Å². The molecule has 0 fully saturated rings. The molecular formula is C10H12O4. The predicted molar refractivity (Wildman–Crippen MR) is 50.8 cm³/mol. The van der Waals surface area contributed by atoms with Crippen LogP contribution in [0.5, 0.6) is 11.5 Å². The SMILES string of the molecule is CC(C)Oc1cc(O)ccc1C(=O)O. The molecule has 0 atom stereocenters. The van der Waals surface area contributed by atoms with Crippen LogP contribution in [0.1, 0.15) is 24.2 Å². The number of carboxylic acid groups (broad SMARTS) is 1. The first-order chi connectivity index (χ1) is 6.50. The monoisotopic (exact) mass is 196 g/mol. The minimum atomic E-state index is -1.07. The third kappa shape index (κ3) is 2.39. The summed E-state index contributed by atoms with van der Waals surface area (Å²) in [6.45, 7) is 3.57. The second-order valence-electron chi connectivity index (χ2n) is 3.15. The van der Waals surface area contributed by atoms with Crippen molar-refractivity contribution < 1.29 is 19.7 Å². The molecule has 0 radical (unpaired) electrons. The number of carboxylic acids is 1. The average molecular weight is 196 g/mol. The average Bonchev–Trinajstić information content (AvgIpc) is 2.01. The van der Waals surface area contributed by atoms with Gasteiger partial charge in [0.05, 0.1) is 6.10 Å². The summed E-state index contributed by atoms with van der Waals surface area (Å²) in [5, 5.41) is 18.0. The highest BCUT2D eigenvalue weighted by Gasteiger charge is 2.12. The molecule has 1 aromatic rings. The van der Waals surface area contributed by atoms with E-state index in [1.807, 2.05) is 0 Å². The standard InChI is InChI=1S/C10H12O4/c1-6(2)14-9-5-7(11)3-4-8(9)10(12)13/h3-6,11H,1-2H3,(H,12,13). The molecule has 0 amide bonds. The number of hydrogen-bond acceptors (Lipinski definition) is 3. The summed E-state index contributed by atoms with van der Waals surface area (Å²) >= 11 is 0. The number of phenolic OH excluding ortho intramolecular Hbond substituents is 1. The third-order valence-corrected chi connectivity index (χ3v) is 1.56. The lowest BCUT2D eigenvalue weighted by atomic mass is 10.2. The molecule has 0 heterocycles. The van der Waals surface area contributed by atoms with Crippen LogP contribution in [0, 0.1) is 0 Å². The zero-order valence-corrected chi connectivity index (χ0v) is 8.02. The minimum Gasteiger partial charge on any atom is -0.508 e. The Morgan fingerprint density at radius 3 is 2.57 bits per heavy atom. The lowest BCUT2D eigenvalue weighted by molar-refractivity contribution is 0.0690. The van der Waals surface area contributed by atoms with Gasteiger partial charge in [-0.25, -0.2) is 4.79 Å². The Morgan fingerprint density at radius 2 is 2.07 bits per heavy atom. The van der Waals surface area contributed by atoms with E-state index < -0.39 is 5.97 Å². The molecule has 0 saturated heterocycles.